The molecule has 0 atom stereocenters. The lowest BCUT2D eigenvalue weighted by Crippen LogP contribution is -2.33. The number of hydrogen-bond acceptors (Lipinski definition) is 4. The Bertz CT molecular complexity index is 894. The fourth-order valence-electron chi connectivity index (χ4n) is 2.45. The molecule has 0 aliphatic carbocycles. The summed E-state index contributed by atoms with van der Waals surface area (Å²) < 4.78 is 0.986. The van der Waals surface area contributed by atoms with Crippen molar-refractivity contribution < 1.29 is 9.59 Å². The van der Waals surface area contributed by atoms with Gasteiger partial charge in [-0.1, -0.05) is 58.4 Å². The van der Waals surface area contributed by atoms with E-state index in [4.69, 9.17) is 0 Å². The average Bonchev–Trinajstić information content (AvgIpc) is 2.89. The van der Waals surface area contributed by atoms with E-state index in [1.54, 1.807) is 12.2 Å². The lowest BCUT2D eigenvalue weighted by molar-refractivity contribution is -0.122. The largest absolute Gasteiger partial charge is 0.367 e. The molecule has 4 nitrogen and oxygen atoms in total. The SMILES string of the molecule is Cc1cc(Br)ccc1NCN1C(=O)S/C(=C/C=C/c2ccccc2)C1=O. The quantitative estimate of drug-likeness (QED) is 0.645. The van der Waals surface area contributed by atoms with Crippen molar-refractivity contribution in [3.63, 3.8) is 0 Å². The van der Waals surface area contributed by atoms with Crippen LogP contribution in [0.15, 0.2) is 70.1 Å². The summed E-state index contributed by atoms with van der Waals surface area (Å²) >= 11 is 4.38. The van der Waals surface area contributed by atoms with Crippen molar-refractivity contribution in [3.05, 3.63) is 81.2 Å². The van der Waals surface area contributed by atoms with Gasteiger partial charge in [0.1, 0.15) is 0 Å². The number of imide groups is 1. The van der Waals surface area contributed by atoms with Crippen molar-refractivity contribution in [1.29, 1.82) is 0 Å². The lowest BCUT2D eigenvalue weighted by Gasteiger charge is -2.16. The summed E-state index contributed by atoms with van der Waals surface area (Å²) in [6.45, 7) is 2.11. The van der Waals surface area contributed by atoms with E-state index in [1.165, 1.54) is 4.90 Å². The molecule has 0 radical (unpaired) electrons. The molecule has 1 heterocycles. The van der Waals surface area contributed by atoms with Crippen molar-refractivity contribution in [2.45, 2.75) is 6.92 Å². The van der Waals surface area contributed by atoms with Gasteiger partial charge in [0.15, 0.2) is 0 Å². The van der Waals surface area contributed by atoms with Crippen molar-refractivity contribution in [1.82, 2.24) is 4.90 Å². The number of allylic oxidation sites excluding steroid dienone is 2. The van der Waals surface area contributed by atoms with Crippen LogP contribution >= 0.6 is 27.7 Å². The molecule has 132 valence electrons. The Morgan fingerprint density at radius 1 is 1.15 bits per heavy atom. The average molecular weight is 429 g/mol. The van der Waals surface area contributed by atoms with E-state index in [2.05, 4.69) is 21.2 Å². The van der Waals surface area contributed by atoms with Gasteiger partial charge in [-0.05, 0) is 54.1 Å². The maximum Gasteiger partial charge on any atom is 0.295 e. The summed E-state index contributed by atoms with van der Waals surface area (Å²) in [5, 5.41) is 2.88. The number of nitrogens with one attached hydrogen (secondary N) is 1. The van der Waals surface area contributed by atoms with Gasteiger partial charge in [-0.2, -0.15) is 0 Å². The maximum absolute atomic E-state index is 12.5. The zero-order valence-corrected chi connectivity index (χ0v) is 16.5. The Morgan fingerprint density at radius 3 is 2.65 bits per heavy atom. The van der Waals surface area contributed by atoms with E-state index < -0.39 is 0 Å². The van der Waals surface area contributed by atoms with Crippen LogP contribution in [0.3, 0.4) is 0 Å². The van der Waals surface area contributed by atoms with Gasteiger partial charge in [0, 0.05) is 10.2 Å². The number of nitrogens with zero attached hydrogens (tertiary/aromatic N) is 1. The van der Waals surface area contributed by atoms with Crippen LogP contribution in [0.1, 0.15) is 11.1 Å². The fourth-order valence-corrected chi connectivity index (χ4v) is 3.72. The summed E-state index contributed by atoms with van der Waals surface area (Å²) in [7, 11) is 0. The maximum atomic E-state index is 12.5. The second-order valence-corrected chi connectivity index (χ2v) is 7.60. The molecule has 1 aliphatic rings. The predicted molar refractivity (Wildman–Crippen MR) is 111 cm³/mol. The van der Waals surface area contributed by atoms with Gasteiger partial charge in [0.05, 0.1) is 11.6 Å². The second-order valence-electron chi connectivity index (χ2n) is 5.70. The second kappa shape index (κ2) is 8.38. The third-order valence-electron chi connectivity index (χ3n) is 3.83. The molecular formula is C20H17BrN2O2S. The van der Waals surface area contributed by atoms with Gasteiger partial charge in [-0.15, -0.1) is 0 Å². The Hall–Kier alpha value is -2.31. The van der Waals surface area contributed by atoms with E-state index in [-0.39, 0.29) is 17.8 Å². The van der Waals surface area contributed by atoms with E-state index in [1.807, 2.05) is 61.5 Å². The molecule has 0 spiro atoms. The molecule has 2 amide bonds. The summed E-state index contributed by atoms with van der Waals surface area (Å²) in [6, 6.07) is 15.6. The van der Waals surface area contributed by atoms with Crippen molar-refractivity contribution in [2.75, 3.05) is 12.0 Å². The van der Waals surface area contributed by atoms with Gasteiger partial charge in [0.25, 0.3) is 11.1 Å². The summed E-state index contributed by atoms with van der Waals surface area (Å²) in [5.74, 6) is -0.278. The Balaban J connectivity index is 1.65. The van der Waals surface area contributed by atoms with Crippen LogP contribution < -0.4 is 5.32 Å². The number of benzene rings is 2. The molecule has 26 heavy (non-hydrogen) atoms. The van der Waals surface area contributed by atoms with Crippen LogP contribution in [0.5, 0.6) is 0 Å². The summed E-state index contributed by atoms with van der Waals surface area (Å²) in [6.07, 6.45) is 5.37. The minimum absolute atomic E-state index is 0.146. The van der Waals surface area contributed by atoms with Crippen LogP contribution in [-0.4, -0.2) is 22.7 Å². The molecule has 1 fully saturated rings. The van der Waals surface area contributed by atoms with Gasteiger partial charge in [-0.25, -0.2) is 0 Å². The fraction of sp³-hybridized carbons (Fsp3) is 0.100. The third-order valence-corrected chi connectivity index (χ3v) is 5.24. The molecule has 0 aromatic heterocycles. The van der Waals surface area contributed by atoms with Gasteiger partial charge >= 0.3 is 0 Å². The van der Waals surface area contributed by atoms with Gasteiger partial charge in [0.2, 0.25) is 0 Å². The molecule has 0 unspecified atom stereocenters. The molecule has 2 aromatic rings. The number of thioether (sulfide) groups is 1. The van der Waals surface area contributed by atoms with Crippen LogP contribution in [0.4, 0.5) is 10.5 Å². The number of carbonyl (C=O) groups excluding carboxylic acids is 2. The van der Waals surface area contributed by atoms with E-state index >= 15 is 0 Å². The first-order valence-electron chi connectivity index (χ1n) is 8.02. The zero-order valence-electron chi connectivity index (χ0n) is 14.1. The Morgan fingerprint density at radius 2 is 1.92 bits per heavy atom. The topological polar surface area (TPSA) is 49.4 Å². The number of amides is 2. The smallest absolute Gasteiger partial charge is 0.295 e. The van der Waals surface area contributed by atoms with E-state index in [0.29, 0.717) is 4.91 Å². The van der Waals surface area contributed by atoms with Gasteiger partial charge in [-0.3, -0.25) is 14.5 Å². The highest BCUT2D eigenvalue weighted by Gasteiger charge is 2.34. The van der Waals surface area contributed by atoms with E-state index in [9.17, 15) is 9.59 Å². The first-order valence-corrected chi connectivity index (χ1v) is 9.62. The molecule has 1 aliphatic heterocycles. The standard InChI is InChI=1S/C20H17BrN2O2S/c1-14-12-16(21)10-11-17(14)22-13-23-19(24)18(26-20(23)25)9-5-8-15-6-3-2-4-7-15/h2-12,22H,13H2,1H3/b8-5+,18-9+. The molecule has 1 saturated heterocycles. The number of aryl methyl sites for hydroxylation is 1. The first kappa shape index (κ1) is 18.5. The summed E-state index contributed by atoms with van der Waals surface area (Å²) in [5.41, 5.74) is 2.96. The minimum atomic E-state index is -0.278. The van der Waals surface area contributed by atoms with Crippen molar-refractivity contribution in [3.8, 4) is 0 Å². The third kappa shape index (κ3) is 4.45. The molecule has 0 saturated carbocycles. The van der Waals surface area contributed by atoms with E-state index in [0.717, 1.165) is 33.0 Å². The van der Waals surface area contributed by atoms with Crippen molar-refractivity contribution >= 4 is 50.6 Å². The highest BCUT2D eigenvalue weighted by atomic mass is 79.9. The number of hydrogen-bond donors (Lipinski definition) is 1. The minimum Gasteiger partial charge on any atom is -0.367 e. The molecule has 2 aromatic carbocycles. The van der Waals surface area contributed by atoms with Crippen LogP contribution in [0.2, 0.25) is 0 Å². The molecular weight excluding hydrogens is 412 g/mol. The molecule has 0 bridgehead atoms. The highest BCUT2D eigenvalue weighted by Crippen LogP contribution is 2.30. The van der Waals surface area contributed by atoms with Crippen molar-refractivity contribution in [2.24, 2.45) is 0 Å². The number of halogens is 1. The van der Waals surface area contributed by atoms with Crippen LogP contribution in [0.25, 0.3) is 6.08 Å². The number of anilines is 1. The molecule has 1 N–H and O–H groups in total. The normalized spacial score (nSPS) is 16.1. The number of rotatable bonds is 5. The molecule has 6 heteroatoms. The monoisotopic (exact) mass is 428 g/mol. The summed E-state index contributed by atoms with van der Waals surface area (Å²) in [4.78, 5) is 26.2. The molecule has 3 rings (SSSR count). The predicted octanol–water partition coefficient (Wildman–Crippen LogP) is 5.42. The first-order chi connectivity index (χ1) is 12.5. The number of carbonyl (C=O) groups is 2. The van der Waals surface area contributed by atoms with Crippen LogP contribution in [0, 0.1) is 6.92 Å². The Kier molecular flexibility index (Phi) is 5.96. The van der Waals surface area contributed by atoms with Gasteiger partial charge < -0.3 is 5.32 Å². The Labute approximate surface area is 165 Å². The zero-order chi connectivity index (χ0) is 18.5. The van der Waals surface area contributed by atoms with Crippen LogP contribution in [-0.2, 0) is 4.79 Å². The highest BCUT2D eigenvalue weighted by molar-refractivity contribution is 9.10. The lowest BCUT2D eigenvalue weighted by atomic mass is 10.2.